The van der Waals surface area contributed by atoms with Gasteiger partial charge >= 0.3 is 0 Å². The van der Waals surface area contributed by atoms with Crippen molar-refractivity contribution >= 4 is 5.91 Å². The molecule has 3 atom stereocenters. The Morgan fingerprint density at radius 1 is 1.25 bits per heavy atom. The van der Waals surface area contributed by atoms with Gasteiger partial charge in [0, 0.05) is 24.7 Å². The molecule has 1 aromatic rings. The van der Waals surface area contributed by atoms with Crippen LogP contribution in [0, 0.1) is 31.6 Å². The molecule has 5 nitrogen and oxygen atoms in total. The van der Waals surface area contributed by atoms with Crippen LogP contribution in [0.5, 0.6) is 0 Å². The number of likely N-dealkylation sites (tertiary alicyclic amines) is 1. The maximum Gasteiger partial charge on any atom is 0.226 e. The number of carbonyl (C=O) groups excluding carboxylic acids is 1. The molecule has 1 N–H and O–H groups in total. The normalized spacial score (nSPS) is 31.2. The first-order chi connectivity index (χ1) is 11.6. The number of hydrogen-bond acceptors (Lipinski definition) is 3. The number of aromatic nitrogens is 2. The predicted octanol–water partition coefficient (Wildman–Crippen LogP) is 2.30. The van der Waals surface area contributed by atoms with E-state index in [1.165, 1.54) is 18.5 Å². The quantitative estimate of drug-likeness (QED) is 0.925. The number of carbonyl (C=O) groups is 1. The molecule has 0 radical (unpaired) electrons. The molecule has 24 heavy (non-hydrogen) atoms. The number of piperidine rings is 2. The lowest BCUT2D eigenvalue weighted by molar-refractivity contribution is -0.134. The summed E-state index contributed by atoms with van der Waals surface area (Å²) in [6.45, 7) is 8.20. The lowest BCUT2D eigenvalue weighted by Gasteiger charge is -2.34. The molecule has 1 amide bonds. The predicted molar refractivity (Wildman–Crippen MR) is 93.7 cm³/mol. The minimum Gasteiger partial charge on any atom is -0.340 e. The van der Waals surface area contributed by atoms with E-state index in [2.05, 4.69) is 33.0 Å². The van der Waals surface area contributed by atoms with Crippen LogP contribution in [0.4, 0.5) is 0 Å². The summed E-state index contributed by atoms with van der Waals surface area (Å²) in [6.07, 6.45) is 5.86. The summed E-state index contributed by atoms with van der Waals surface area (Å²) in [7, 11) is 0. The van der Waals surface area contributed by atoms with Gasteiger partial charge in [-0.2, -0.15) is 5.10 Å². The van der Waals surface area contributed by atoms with Crippen LogP contribution in [0.1, 0.15) is 49.5 Å². The Kier molecular flexibility index (Phi) is 4.37. The van der Waals surface area contributed by atoms with E-state index in [0.29, 0.717) is 23.8 Å². The van der Waals surface area contributed by atoms with Crippen LogP contribution in [0.2, 0.25) is 0 Å². The van der Waals surface area contributed by atoms with Gasteiger partial charge in [0.1, 0.15) is 0 Å². The van der Waals surface area contributed by atoms with Crippen molar-refractivity contribution in [2.24, 2.45) is 17.8 Å². The molecule has 5 heteroatoms. The van der Waals surface area contributed by atoms with Crippen molar-refractivity contribution in [1.29, 1.82) is 0 Å². The molecular formula is C19H30N4O. The zero-order valence-electron chi connectivity index (χ0n) is 15.0. The fourth-order valence-electron chi connectivity index (χ4n) is 4.90. The summed E-state index contributed by atoms with van der Waals surface area (Å²) >= 11 is 0. The maximum absolute atomic E-state index is 13.0. The van der Waals surface area contributed by atoms with Gasteiger partial charge in [0.2, 0.25) is 5.91 Å². The third kappa shape index (κ3) is 3.10. The van der Waals surface area contributed by atoms with Crippen molar-refractivity contribution in [3.05, 3.63) is 17.5 Å². The topological polar surface area (TPSA) is 50.2 Å². The second kappa shape index (κ2) is 6.51. The first kappa shape index (κ1) is 16.1. The fraction of sp³-hybridized carbons (Fsp3) is 0.789. The third-order valence-corrected chi connectivity index (χ3v) is 6.24. The maximum atomic E-state index is 13.0. The Balaban J connectivity index is 1.38. The summed E-state index contributed by atoms with van der Waals surface area (Å²) in [4.78, 5) is 15.1. The summed E-state index contributed by atoms with van der Waals surface area (Å²) in [6, 6.07) is 2.49. The molecule has 4 rings (SSSR count). The summed E-state index contributed by atoms with van der Waals surface area (Å²) < 4.78 is 2.14. The van der Waals surface area contributed by atoms with Crippen LogP contribution in [-0.2, 0) is 4.79 Å². The molecule has 3 fully saturated rings. The summed E-state index contributed by atoms with van der Waals surface area (Å²) in [5.41, 5.74) is 2.29. The van der Waals surface area contributed by atoms with Gasteiger partial charge in [-0.15, -0.1) is 0 Å². The van der Waals surface area contributed by atoms with Crippen LogP contribution in [0.15, 0.2) is 6.07 Å². The van der Waals surface area contributed by atoms with Gasteiger partial charge in [0.05, 0.1) is 11.7 Å². The minimum absolute atomic E-state index is 0.312. The number of nitrogens with one attached hydrogen (secondary N) is 1. The largest absolute Gasteiger partial charge is 0.340 e. The molecule has 3 heterocycles. The van der Waals surface area contributed by atoms with Gasteiger partial charge in [-0.05, 0) is 76.9 Å². The number of amides is 1. The first-order valence-electron chi connectivity index (χ1n) is 9.65. The van der Waals surface area contributed by atoms with Crippen LogP contribution < -0.4 is 5.32 Å². The second-order valence-corrected chi connectivity index (χ2v) is 8.05. The molecule has 0 bridgehead atoms. The number of aryl methyl sites for hydroxylation is 2. The summed E-state index contributed by atoms with van der Waals surface area (Å²) in [5.74, 6) is 2.17. The van der Waals surface area contributed by atoms with Crippen molar-refractivity contribution in [3.8, 4) is 0 Å². The number of rotatable bonds is 3. The second-order valence-electron chi connectivity index (χ2n) is 8.05. The van der Waals surface area contributed by atoms with Crippen molar-refractivity contribution < 1.29 is 4.79 Å². The molecule has 1 aliphatic carbocycles. The number of nitrogens with zero attached hydrogens (tertiary/aromatic N) is 3. The van der Waals surface area contributed by atoms with Gasteiger partial charge in [-0.3, -0.25) is 9.48 Å². The molecule has 1 unspecified atom stereocenters. The molecule has 2 aliphatic heterocycles. The highest BCUT2D eigenvalue weighted by molar-refractivity contribution is 5.81. The molecule has 3 aliphatic rings. The lowest BCUT2D eigenvalue weighted by Crippen LogP contribution is -2.42. The molecule has 0 aromatic carbocycles. The van der Waals surface area contributed by atoms with Crippen molar-refractivity contribution in [3.63, 3.8) is 0 Å². The Morgan fingerprint density at radius 3 is 2.75 bits per heavy atom. The van der Waals surface area contributed by atoms with Crippen LogP contribution in [-0.4, -0.2) is 46.8 Å². The Morgan fingerprint density at radius 2 is 2.04 bits per heavy atom. The molecule has 0 spiro atoms. The highest BCUT2D eigenvalue weighted by Gasteiger charge is 2.49. The molecule has 1 saturated carbocycles. The monoisotopic (exact) mass is 330 g/mol. The average Bonchev–Trinajstić information content (AvgIpc) is 3.33. The zero-order valence-corrected chi connectivity index (χ0v) is 15.0. The Hall–Kier alpha value is -1.36. The van der Waals surface area contributed by atoms with E-state index < -0.39 is 0 Å². The van der Waals surface area contributed by atoms with Crippen LogP contribution in [0.3, 0.4) is 0 Å². The highest BCUT2D eigenvalue weighted by Crippen LogP contribution is 2.48. The molecular weight excluding hydrogens is 300 g/mol. The highest BCUT2D eigenvalue weighted by atomic mass is 16.2. The fourth-order valence-corrected chi connectivity index (χ4v) is 4.90. The van der Waals surface area contributed by atoms with Gasteiger partial charge in [0.25, 0.3) is 0 Å². The molecule has 1 aromatic heterocycles. The molecule has 2 saturated heterocycles. The van der Waals surface area contributed by atoms with Gasteiger partial charge in [0.15, 0.2) is 0 Å². The van der Waals surface area contributed by atoms with E-state index in [-0.39, 0.29) is 0 Å². The summed E-state index contributed by atoms with van der Waals surface area (Å²) in [5, 5.41) is 8.08. The lowest BCUT2D eigenvalue weighted by atomic mass is 9.91. The first-order valence-corrected chi connectivity index (χ1v) is 9.65. The minimum atomic E-state index is 0.312. The zero-order chi connectivity index (χ0) is 16.7. The van der Waals surface area contributed by atoms with Crippen molar-refractivity contribution in [1.82, 2.24) is 20.0 Å². The van der Waals surface area contributed by atoms with Gasteiger partial charge in [-0.1, -0.05) is 0 Å². The van der Waals surface area contributed by atoms with E-state index >= 15 is 0 Å². The van der Waals surface area contributed by atoms with E-state index in [1.807, 2.05) is 6.92 Å². The van der Waals surface area contributed by atoms with E-state index in [0.717, 1.165) is 57.1 Å². The Labute approximate surface area is 144 Å². The Bertz CT molecular complexity index is 605. The van der Waals surface area contributed by atoms with Crippen molar-refractivity contribution in [2.75, 3.05) is 26.2 Å². The smallest absolute Gasteiger partial charge is 0.226 e. The SMILES string of the molecule is Cc1cc(C)n(C2CCCN(C(=O)[C@@H]3C[C@H]3C3CCNCC3)C2)n1. The van der Waals surface area contributed by atoms with Gasteiger partial charge < -0.3 is 10.2 Å². The van der Waals surface area contributed by atoms with Crippen molar-refractivity contribution in [2.45, 2.75) is 52.0 Å². The van der Waals surface area contributed by atoms with Crippen LogP contribution >= 0.6 is 0 Å². The van der Waals surface area contributed by atoms with E-state index in [4.69, 9.17) is 0 Å². The average molecular weight is 330 g/mol. The third-order valence-electron chi connectivity index (χ3n) is 6.24. The van der Waals surface area contributed by atoms with E-state index in [9.17, 15) is 4.79 Å². The van der Waals surface area contributed by atoms with Gasteiger partial charge in [-0.25, -0.2) is 0 Å². The standard InChI is InChI=1S/C19H30N4O/c1-13-10-14(2)23(21-13)16-4-3-9-22(12-16)19(24)18-11-17(18)15-5-7-20-8-6-15/h10,15-18,20H,3-9,11-12H2,1-2H3/t16?,17-,18+/m0/s1. The van der Waals surface area contributed by atoms with Crippen LogP contribution in [0.25, 0.3) is 0 Å². The number of hydrogen-bond donors (Lipinski definition) is 1. The molecule has 132 valence electrons. The van der Waals surface area contributed by atoms with E-state index in [1.54, 1.807) is 0 Å².